The van der Waals surface area contributed by atoms with Gasteiger partial charge in [0.25, 0.3) is 0 Å². The molecule has 24 heavy (non-hydrogen) atoms. The second-order valence-corrected chi connectivity index (χ2v) is 6.00. The number of hydrogen-bond acceptors (Lipinski definition) is 5. The number of carbonyl (C=O) groups excluding carboxylic acids is 3. The van der Waals surface area contributed by atoms with Gasteiger partial charge in [-0.1, -0.05) is 36.4 Å². The van der Waals surface area contributed by atoms with Crippen molar-refractivity contribution < 1.29 is 23.9 Å². The molecular formula is C19H18O5. The van der Waals surface area contributed by atoms with Crippen LogP contribution in [0.25, 0.3) is 5.57 Å². The van der Waals surface area contributed by atoms with Crippen molar-refractivity contribution in [1.29, 1.82) is 0 Å². The number of esters is 2. The van der Waals surface area contributed by atoms with E-state index >= 15 is 0 Å². The highest BCUT2D eigenvalue weighted by Crippen LogP contribution is 2.48. The number of fused-ring (bicyclic) bond motifs is 1. The summed E-state index contributed by atoms with van der Waals surface area (Å²) < 4.78 is 9.71. The Morgan fingerprint density at radius 3 is 2.25 bits per heavy atom. The zero-order chi connectivity index (χ0) is 17.3. The van der Waals surface area contributed by atoms with E-state index in [1.165, 1.54) is 14.2 Å². The molecule has 0 amide bonds. The van der Waals surface area contributed by atoms with Crippen LogP contribution in [0.5, 0.6) is 0 Å². The van der Waals surface area contributed by atoms with Gasteiger partial charge in [0.05, 0.1) is 14.2 Å². The van der Waals surface area contributed by atoms with Crippen LogP contribution in [0.3, 0.4) is 0 Å². The minimum Gasteiger partial charge on any atom is -0.468 e. The van der Waals surface area contributed by atoms with Crippen molar-refractivity contribution in [1.82, 2.24) is 0 Å². The van der Waals surface area contributed by atoms with E-state index in [0.29, 0.717) is 12.0 Å². The molecule has 124 valence electrons. The lowest BCUT2D eigenvalue weighted by Gasteiger charge is -2.31. The Morgan fingerprint density at radius 1 is 1.04 bits per heavy atom. The molecule has 0 aliphatic heterocycles. The predicted octanol–water partition coefficient (Wildman–Crippen LogP) is 2.47. The first-order chi connectivity index (χ1) is 11.5. The van der Waals surface area contributed by atoms with Crippen LogP contribution in [0.15, 0.2) is 47.6 Å². The van der Waals surface area contributed by atoms with Gasteiger partial charge in [0.15, 0.2) is 11.2 Å². The Labute approximate surface area is 139 Å². The number of benzene rings is 1. The number of ether oxygens (including phenoxy) is 2. The third-order valence-electron chi connectivity index (χ3n) is 4.71. The summed E-state index contributed by atoms with van der Waals surface area (Å²) in [7, 11) is 2.50. The Hall–Kier alpha value is -2.69. The fraction of sp³-hybridized carbons (Fsp3) is 0.316. The first kappa shape index (κ1) is 16.2. The largest absolute Gasteiger partial charge is 0.468 e. The summed E-state index contributed by atoms with van der Waals surface area (Å²) in [6.45, 7) is 0. The van der Waals surface area contributed by atoms with Crippen LogP contribution in [0.4, 0.5) is 0 Å². The Morgan fingerprint density at radius 2 is 1.67 bits per heavy atom. The van der Waals surface area contributed by atoms with E-state index in [1.807, 2.05) is 30.3 Å². The van der Waals surface area contributed by atoms with E-state index in [0.717, 1.165) is 16.7 Å². The van der Waals surface area contributed by atoms with Gasteiger partial charge in [-0.05, 0) is 23.1 Å². The summed E-state index contributed by atoms with van der Waals surface area (Å²) in [6, 6.07) is 9.30. The van der Waals surface area contributed by atoms with Crippen LogP contribution in [0.2, 0.25) is 0 Å². The summed E-state index contributed by atoms with van der Waals surface area (Å²) in [5, 5.41) is 0. The Balaban J connectivity index is 2.14. The molecule has 0 heterocycles. The Kier molecular flexibility index (Phi) is 4.09. The van der Waals surface area contributed by atoms with E-state index in [9.17, 15) is 14.4 Å². The average Bonchev–Trinajstić information content (AvgIpc) is 2.95. The predicted molar refractivity (Wildman–Crippen MR) is 86.8 cm³/mol. The number of allylic oxidation sites excluding steroid dienone is 4. The maximum atomic E-state index is 12.5. The van der Waals surface area contributed by atoms with E-state index in [1.54, 1.807) is 6.08 Å². The maximum Gasteiger partial charge on any atom is 0.323 e. The van der Waals surface area contributed by atoms with Gasteiger partial charge in [0.1, 0.15) is 0 Å². The molecule has 0 bridgehead atoms. The molecule has 0 N–H and O–H groups in total. The number of rotatable bonds is 3. The highest BCUT2D eigenvalue weighted by atomic mass is 16.5. The molecule has 1 aromatic carbocycles. The van der Waals surface area contributed by atoms with Gasteiger partial charge in [-0.3, -0.25) is 14.4 Å². The fourth-order valence-electron chi connectivity index (χ4n) is 3.49. The average molecular weight is 326 g/mol. The van der Waals surface area contributed by atoms with Gasteiger partial charge in [-0.15, -0.1) is 0 Å². The molecule has 0 saturated heterocycles. The van der Waals surface area contributed by atoms with Gasteiger partial charge in [-0.2, -0.15) is 0 Å². The second kappa shape index (κ2) is 6.07. The van der Waals surface area contributed by atoms with Gasteiger partial charge in [-0.25, -0.2) is 0 Å². The van der Waals surface area contributed by atoms with Gasteiger partial charge >= 0.3 is 11.9 Å². The smallest absolute Gasteiger partial charge is 0.323 e. The standard InChI is InChI=1S/C19H18O5/c1-23-17(21)19(18(22)24-2)9-8-13-10-15(20)16(14(13)11-19)12-6-4-3-5-7-12/h3-8H,9-11H2,1-2H3. The van der Waals surface area contributed by atoms with Gasteiger partial charge < -0.3 is 9.47 Å². The molecule has 0 spiro atoms. The quantitative estimate of drug-likeness (QED) is 0.630. The Bertz CT molecular complexity index is 754. The first-order valence-electron chi connectivity index (χ1n) is 7.71. The van der Waals surface area contributed by atoms with Crippen molar-refractivity contribution in [3.05, 3.63) is 53.1 Å². The van der Waals surface area contributed by atoms with Crippen molar-refractivity contribution in [2.45, 2.75) is 19.3 Å². The van der Waals surface area contributed by atoms with Crippen LogP contribution >= 0.6 is 0 Å². The van der Waals surface area contributed by atoms with Crippen molar-refractivity contribution in [2.75, 3.05) is 14.2 Å². The van der Waals surface area contributed by atoms with Crippen LogP contribution in [-0.2, 0) is 23.9 Å². The number of carbonyl (C=O) groups is 3. The van der Waals surface area contributed by atoms with Gasteiger partial charge in [0, 0.05) is 18.4 Å². The molecule has 3 rings (SSSR count). The zero-order valence-corrected chi connectivity index (χ0v) is 13.6. The highest BCUT2D eigenvalue weighted by molar-refractivity contribution is 6.26. The molecule has 0 aromatic heterocycles. The number of Topliss-reactive ketones (excluding diaryl/α,β-unsaturated/α-hetero) is 1. The minimum atomic E-state index is -1.42. The van der Waals surface area contributed by atoms with E-state index in [4.69, 9.17) is 9.47 Å². The third-order valence-corrected chi connectivity index (χ3v) is 4.71. The molecule has 0 saturated carbocycles. The van der Waals surface area contributed by atoms with Crippen LogP contribution in [0.1, 0.15) is 24.8 Å². The number of hydrogen-bond donors (Lipinski definition) is 0. The monoisotopic (exact) mass is 326 g/mol. The van der Waals surface area contributed by atoms with Crippen LogP contribution < -0.4 is 0 Å². The summed E-state index contributed by atoms with van der Waals surface area (Å²) >= 11 is 0. The normalized spacial score (nSPS) is 18.8. The summed E-state index contributed by atoms with van der Waals surface area (Å²) in [6.07, 6.45) is 2.40. The molecule has 0 atom stereocenters. The SMILES string of the molecule is COC(=O)C1(C(=O)OC)CC=C2CC(=O)C(c3ccccc3)=C2C1. The molecule has 2 aliphatic carbocycles. The van der Waals surface area contributed by atoms with Crippen molar-refractivity contribution in [3.63, 3.8) is 0 Å². The van der Waals surface area contributed by atoms with Crippen LogP contribution in [0, 0.1) is 5.41 Å². The van der Waals surface area contributed by atoms with Crippen molar-refractivity contribution in [3.8, 4) is 0 Å². The molecule has 1 aromatic rings. The topological polar surface area (TPSA) is 69.7 Å². The maximum absolute atomic E-state index is 12.5. The molecule has 2 aliphatic rings. The van der Waals surface area contributed by atoms with E-state index in [2.05, 4.69) is 0 Å². The first-order valence-corrected chi connectivity index (χ1v) is 7.71. The number of ketones is 1. The lowest BCUT2D eigenvalue weighted by atomic mass is 9.72. The fourth-order valence-corrected chi connectivity index (χ4v) is 3.49. The molecular weight excluding hydrogens is 308 g/mol. The summed E-state index contributed by atoms with van der Waals surface area (Å²) in [5.41, 5.74) is 1.59. The minimum absolute atomic E-state index is 0.00739. The molecule has 5 nitrogen and oxygen atoms in total. The number of methoxy groups -OCH3 is 2. The van der Waals surface area contributed by atoms with Crippen LogP contribution in [-0.4, -0.2) is 31.9 Å². The zero-order valence-electron chi connectivity index (χ0n) is 13.6. The highest BCUT2D eigenvalue weighted by Gasteiger charge is 2.52. The van der Waals surface area contributed by atoms with E-state index < -0.39 is 17.4 Å². The van der Waals surface area contributed by atoms with Crippen molar-refractivity contribution >= 4 is 23.3 Å². The van der Waals surface area contributed by atoms with Crippen molar-refractivity contribution in [2.24, 2.45) is 5.41 Å². The lowest BCUT2D eigenvalue weighted by Crippen LogP contribution is -2.42. The molecule has 0 fully saturated rings. The molecule has 0 radical (unpaired) electrons. The summed E-state index contributed by atoms with van der Waals surface area (Å²) in [4.78, 5) is 37.2. The molecule has 5 heteroatoms. The van der Waals surface area contributed by atoms with Gasteiger partial charge in [0.2, 0.25) is 0 Å². The lowest BCUT2D eigenvalue weighted by molar-refractivity contribution is -0.169. The summed E-state index contributed by atoms with van der Waals surface area (Å²) in [5.74, 6) is -1.26. The third kappa shape index (κ3) is 2.37. The second-order valence-electron chi connectivity index (χ2n) is 6.00. The molecule has 0 unspecified atom stereocenters. The van der Waals surface area contributed by atoms with E-state index in [-0.39, 0.29) is 18.6 Å².